The zero-order chi connectivity index (χ0) is 11.3. The van der Waals surface area contributed by atoms with Gasteiger partial charge in [-0.05, 0) is 12.3 Å². The van der Waals surface area contributed by atoms with Crippen molar-refractivity contribution in [1.29, 1.82) is 0 Å². The summed E-state index contributed by atoms with van der Waals surface area (Å²) in [6.07, 6.45) is 1.79. The maximum Gasteiger partial charge on any atom is 0.217 e. The second-order valence-electron chi connectivity index (χ2n) is 3.73. The number of halogens is 1. The number of aliphatic hydroxyl groups is 1. The van der Waals surface area contributed by atoms with Crippen molar-refractivity contribution in [3.63, 3.8) is 0 Å². The third-order valence-corrected chi connectivity index (χ3v) is 2.21. The van der Waals surface area contributed by atoms with Crippen LogP contribution in [-0.4, -0.2) is 27.7 Å². The summed E-state index contributed by atoms with van der Waals surface area (Å²) in [4.78, 5) is 7.27. The lowest BCUT2D eigenvalue weighted by Gasteiger charge is -2.21. The SMILES string of the molecule is CC(C)C(CCO)Nc1cc(F)ncn1. The lowest BCUT2D eigenvalue weighted by molar-refractivity contribution is 0.267. The molecule has 1 atom stereocenters. The third kappa shape index (κ3) is 3.79. The van der Waals surface area contributed by atoms with Gasteiger partial charge in [0.15, 0.2) is 0 Å². The highest BCUT2D eigenvalue weighted by Crippen LogP contribution is 2.12. The maximum atomic E-state index is 12.8. The molecule has 15 heavy (non-hydrogen) atoms. The van der Waals surface area contributed by atoms with E-state index >= 15 is 0 Å². The quantitative estimate of drug-likeness (QED) is 0.726. The van der Waals surface area contributed by atoms with Crippen molar-refractivity contribution in [2.45, 2.75) is 26.3 Å². The molecule has 1 aromatic rings. The normalized spacial score (nSPS) is 12.9. The van der Waals surface area contributed by atoms with Crippen LogP contribution in [0.15, 0.2) is 12.4 Å². The van der Waals surface area contributed by atoms with E-state index in [9.17, 15) is 4.39 Å². The van der Waals surface area contributed by atoms with Crippen LogP contribution in [0.5, 0.6) is 0 Å². The molecule has 1 rings (SSSR count). The maximum absolute atomic E-state index is 12.8. The molecule has 0 saturated heterocycles. The molecule has 1 unspecified atom stereocenters. The Morgan fingerprint density at radius 2 is 2.20 bits per heavy atom. The topological polar surface area (TPSA) is 58.0 Å². The summed E-state index contributed by atoms with van der Waals surface area (Å²) in [7, 11) is 0. The number of hydrogen-bond donors (Lipinski definition) is 2. The standard InChI is InChI=1S/C10H16FN3O/c1-7(2)8(3-4-15)14-10-5-9(11)12-6-13-10/h5-8,15H,3-4H2,1-2H3,(H,12,13,14). The number of nitrogens with one attached hydrogen (secondary N) is 1. The van der Waals surface area contributed by atoms with E-state index in [-0.39, 0.29) is 12.6 Å². The number of hydrogen-bond acceptors (Lipinski definition) is 4. The van der Waals surface area contributed by atoms with Crippen LogP contribution in [0.1, 0.15) is 20.3 Å². The first-order valence-corrected chi connectivity index (χ1v) is 4.98. The fourth-order valence-electron chi connectivity index (χ4n) is 1.31. The first-order valence-electron chi connectivity index (χ1n) is 4.98. The number of anilines is 1. The highest BCUT2D eigenvalue weighted by molar-refractivity contribution is 5.33. The second-order valence-corrected chi connectivity index (χ2v) is 3.73. The van der Waals surface area contributed by atoms with E-state index in [4.69, 9.17) is 5.11 Å². The van der Waals surface area contributed by atoms with Crippen LogP contribution >= 0.6 is 0 Å². The summed E-state index contributed by atoms with van der Waals surface area (Å²) in [5, 5.41) is 11.9. The highest BCUT2D eigenvalue weighted by Gasteiger charge is 2.13. The predicted octanol–water partition coefficient (Wildman–Crippen LogP) is 1.43. The largest absolute Gasteiger partial charge is 0.396 e. The molecule has 0 spiro atoms. The molecule has 0 fully saturated rings. The van der Waals surface area contributed by atoms with Crippen molar-refractivity contribution in [2.24, 2.45) is 5.92 Å². The Bertz CT molecular complexity index is 306. The van der Waals surface area contributed by atoms with Gasteiger partial charge in [-0.15, -0.1) is 0 Å². The molecular formula is C10H16FN3O. The van der Waals surface area contributed by atoms with Gasteiger partial charge in [-0.2, -0.15) is 4.39 Å². The van der Waals surface area contributed by atoms with Gasteiger partial charge in [-0.3, -0.25) is 0 Å². The first kappa shape index (κ1) is 11.8. The summed E-state index contributed by atoms with van der Waals surface area (Å²) in [6, 6.07) is 1.33. The van der Waals surface area contributed by atoms with Gasteiger partial charge in [0, 0.05) is 18.7 Å². The van der Waals surface area contributed by atoms with E-state index in [2.05, 4.69) is 15.3 Å². The van der Waals surface area contributed by atoms with Crippen LogP contribution in [0.3, 0.4) is 0 Å². The van der Waals surface area contributed by atoms with Gasteiger partial charge < -0.3 is 10.4 Å². The number of rotatable bonds is 5. The van der Waals surface area contributed by atoms with Crippen molar-refractivity contribution in [3.8, 4) is 0 Å². The van der Waals surface area contributed by atoms with E-state index in [1.807, 2.05) is 13.8 Å². The zero-order valence-electron chi connectivity index (χ0n) is 8.94. The van der Waals surface area contributed by atoms with Crippen LogP contribution < -0.4 is 5.32 Å². The number of nitrogens with zero attached hydrogens (tertiary/aromatic N) is 2. The number of aliphatic hydroxyl groups excluding tert-OH is 1. The summed E-state index contributed by atoms with van der Waals surface area (Å²) in [5.41, 5.74) is 0. The smallest absolute Gasteiger partial charge is 0.217 e. The Kier molecular flexibility index (Phi) is 4.42. The Labute approximate surface area is 88.6 Å². The van der Waals surface area contributed by atoms with Gasteiger partial charge in [-0.25, -0.2) is 9.97 Å². The molecule has 0 aliphatic heterocycles. The average molecular weight is 213 g/mol. The summed E-state index contributed by atoms with van der Waals surface area (Å²) in [6.45, 7) is 4.17. The molecule has 0 radical (unpaired) electrons. The molecule has 0 bridgehead atoms. The minimum Gasteiger partial charge on any atom is -0.396 e. The molecule has 2 N–H and O–H groups in total. The molecule has 0 saturated carbocycles. The molecule has 5 heteroatoms. The van der Waals surface area contributed by atoms with Crippen LogP contribution in [0.25, 0.3) is 0 Å². The minimum absolute atomic E-state index is 0.0873. The molecule has 4 nitrogen and oxygen atoms in total. The minimum atomic E-state index is -0.556. The Hall–Kier alpha value is -1.23. The zero-order valence-corrected chi connectivity index (χ0v) is 8.94. The van der Waals surface area contributed by atoms with Crippen LogP contribution in [0.2, 0.25) is 0 Å². The van der Waals surface area contributed by atoms with E-state index in [0.29, 0.717) is 18.2 Å². The lowest BCUT2D eigenvalue weighted by atomic mass is 10.0. The lowest BCUT2D eigenvalue weighted by Crippen LogP contribution is -2.27. The molecule has 1 aromatic heterocycles. The molecule has 0 aromatic carbocycles. The van der Waals surface area contributed by atoms with Crippen LogP contribution in [-0.2, 0) is 0 Å². The first-order chi connectivity index (χ1) is 7.13. The van der Waals surface area contributed by atoms with Crippen molar-refractivity contribution >= 4 is 5.82 Å². The molecule has 1 heterocycles. The fraction of sp³-hybridized carbons (Fsp3) is 0.600. The molecule has 0 amide bonds. The molecule has 0 aliphatic rings. The molecule has 84 valence electrons. The number of aromatic nitrogens is 2. The molecular weight excluding hydrogens is 197 g/mol. The second kappa shape index (κ2) is 5.60. The summed E-state index contributed by atoms with van der Waals surface area (Å²) >= 11 is 0. The van der Waals surface area contributed by atoms with Gasteiger partial charge in [-0.1, -0.05) is 13.8 Å². The predicted molar refractivity (Wildman–Crippen MR) is 55.9 cm³/mol. The van der Waals surface area contributed by atoms with E-state index < -0.39 is 5.95 Å². The van der Waals surface area contributed by atoms with Crippen LogP contribution in [0, 0.1) is 11.9 Å². The Morgan fingerprint density at radius 3 is 2.73 bits per heavy atom. The van der Waals surface area contributed by atoms with E-state index in [1.165, 1.54) is 12.4 Å². The van der Waals surface area contributed by atoms with Crippen molar-refractivity contribution < 1.29 is 9.50 Å². The van der Waals surface area contributed by atoms with Crippen molar-refractivity contribution in [2.75, 3.05) is 11.9 Å². The van der Waals surface area contributed by atoms with E-state index in [0.717, 1.165) is 0 Å². The van der Waals surface area contributed by atoms with Gasteiger partial charge in [0.05, 0.1) is 0 Å². The fourth-order valence-corrected chi connectivity index (χ4v) is 1.31. The summed E-state index contributed by atoms with van der Waals surface area (Å²) in [5.74, 6) is 0.240. The monoisotopic (exact) mass is 213 g/mol. The van der Waals surface area contributed by atoms with Gasteiger partial charge in [0.25, 0.3) is 0 Å². The summed E-state index contributed by atoms with van der Waals surface area (Å²) < 4.78 is 12.8. The van der Waals surface area contributed by atoms with Crippen molar-refractivity contribution in [1.82, 2.24) is 9.97 Å². The van der Waals surface area contributed by atoms with Gasteiger partial charge in [0.1, 0.15) is 12.1 Å². The van der Waals surface area contributed by atoms with Gasteiger partial charge in [0.2, 0.25) is 5.95 Å². The Balaban J connectivity index is 2.65. The average Bonchev–Trinajstić information content (AvgIpc) is 2.17. The van der Waals surface area contributed by atoms with Crippen molar-refractivity contribution in [3.05, 3.63) is 18.3 Å². The van der Waals surface area contributed by atoms with Crippen LogP contribution in [0.4, 0.5) is 10.2 Å². The third-order valence-electron chi connectivity index (χ3n) is 2.21. The van der Waals surface area contributed by atoms with E-state index in [1.54, 1.807) is 0 Å². The highest BCUT2D eigenvalue weighted by atomic mass is 19.1. The Morgan fingerprint density at radius 1 is 1.47 bits per heavy atom. The molecule has 0 aliphatic carbocycles. The van der Waals surface area contributed by atoms with Gasteiger partial charge >= 0.3 is 0 Å².